The lowest BCUT2D eigenvalue weighted by atomic mass is 10.1. The summed E-state index contributed by atoms with van der Waals surface area (Å²) in [7, 11) is 0. The van der Waals surface area contributed by atoms with Gasteiger partial charge < -0.3 is 9.64 Å². The van der Waals surface area contributed by atoms with Crippen LogP contribution < -0.4 is 9.64 Å². The SMILES string of the molecule is Cc1ccc(N(CCC#N)C(=O)Cc2ccc(OCC#N)cc2)cc1. The number of benzene rings is 2. The van der Waals surface area contributed by atoms with Gasteiger partial charge in [0.25, 0.3) is 0 Å². The topological polar surface area (TPSA) is 77.1 Å². The van der Waals surface area contributed by atoms with Crippen molar-refractivity contribution >= 4 is 11.6 Å². The molecule has 0 saturated carbocycles. The maximum Gasteiger partial charge on any atom is 0.231 e. The number of hydrogen-bond donors (Lipinski definition) is 0. The molecule has 0 unspecified atom stereocenters. The van der Waals surface area contributed by atoms with Gasteiger partial charge in [0.15, 0.2) is 6.61 Å². The van der Waals surface area contributed by atoms with Crippen molar-refractivity contribution < 1.29 is 9.53 Å². The summed E-state index contributed by atoms with van der Waals surface area (Å²) < 4.78 is 5.20. The molecule has 0 saturated heterocycles. The fourth-order valence-electron chi connectivity index (χ4n) is 2.37. The number of carbonyl (C=O) groups excluding carboxylic acids is 1. The number of carbonyl (C=O) groups is 1. The summed E-state index contributed by atoms with van der Waals surface area (Å²) in [6.45, 7) is 2.34. The highest BCUT2D eigenvalue weighted by atomic mass is 16.5. The van der Waals surface area contributed by atoms with Crippen LogP contribution in [0.25, 0.3) is 0 Å². The van der Waals surface area contributed by atoms with Gasteiger partial charge in [-0.1, -0.05) is 29.8 Å². The van der Waals surface area contributed by atoms with Crippen LogP contribution in [0.5, 0.6) is 5.75 Å². The van der Waals surface area contributed by atoms with Gasteiger partial charge in [0.2, 0.25) is 5.91 Å². The molecular formula is C20H19N3O2. The van der Waals surface area contributed by atoms with Crippen LogP contribution in [0, 0.1) is 29.6 Å². The number of ether oxygens (including phenoxy) is 1. The van der Waals surface area contributed by atoms with Crippen LogP contribution in [0.1, 0.15) is 17.5 Å². The Morgan fingerprint density at radius 2 is 1.72 bits per heavy atom. The van der Waals surface area contributed by atoms with E-state index in [-0.39, 0.29) is 25.4 Å². The first-order valence-corrected chi connectivity index (χ1v) is 7.96. The van der Waals surface area contributed by atoms with Gasteiger partial charge in [-0.3, -0.25) is 4.79 Å². The quantitative estimate of drug-likeness (QED) is 0.778. The standard InChI is InChI=1S/C20H19N3O2/c1-16-3-7-18(8-4-16)23(13-2-11-21)20(24)15-17-5-9-19(10-6-17)25-14-12-22/h3-10H,2,13-15H2,1H3. The summed E-state index contributed by atoms with van der Waals surface area (Å²) in [6, 6.07) is 18.8. The van der Waals surface area contributed by atoms with Crippen molar-refractivity contribution in [3.63, 3.8) is 0 Å². The lowest BCUT2D eigenvalue weighted by molar-refractivity contribution is -0.118. The zero-order valence-corrected chi connectivity index (χ0v) is 14.1. The smallest absolute Gasteiger partial charge is 0.231 e. The van der Waals surface area contributed by atoms with E-state index in [0.717, 1.165) is 16.8 Å². The Hall–Kier alpha value is -3.31. The Labute approximate surface area is 147 Å². The van der Waals surface area contributed by atoms with E-state index in [2.05, 4.69) is 6.07 Å². The van der Waals surface area contributed by atoms with Crippen molar-refractivity contribution in [3.8, 4) is 17.9 Å². The lowest BCUT2D eigenvalue weighted by Crippen LogP contribution is -2.33. The third-order valence-electron chi connectivity index (χ3n) is 3.68. The van der Waals surface area contributed by atoms with Gasteiger partial charge in [0.05, 0.1) is 18.9 Å². The van der Waals surface area contributed by atoms with Gasteiger partial charge in [-0.25, -0.2) is 0 Å². The number of nitrogens with zero attached hydrogens (tertiary/aromatic N) is 3. The summed E-state index contributed by atoms with van der Waals surface area (Å²) in [5.74, 6) is 0.530. The van der Waals surface area contributed by atoms with Gasteiger partial charge in [0, 0.05) is 12.2 Å². The van der Waals surface area contributed by atoms with E-state index < -0.39 is 0 Å². The normalized spacial score (nSPS) is 9.72. The first-order valence-electron chi connectivity index (χ1n) is 7.96. The predicted molar refractivity (Wildman–Crippen MR) is 95.0 cm³/mol. The predicted octanol–water partition coefficient (Wildman–Crippen LogP) is 3.39. The van der Waals surface area contributed by atoms with Crippen LogP contribution in [-0.4, -0.2) is 19.1 Å². The molecule has 126 valence electrons. The molecule has 0 atom stereocenters. The van der Waals surface area contributed by atoms with E-state index in [0.29, 0.717) is 12.3 Å². The van der Waals surface area contributed by atoms with Crippen molar-refractivity contribution in [2.75, 3.05) is 18.1 Å². The van der Waals surface area contributed by atoms with Crippen LogP contribution in [0.2, 0.25) is 0 Å². The molecule has 0 aliphatic carbocycles. The number of amides is 1. The molecule has 5 heteroatoms. The molecule has 2 rings (SSSR count). The molecular weight excluding hydrogens is 314 g/mol. The molecule has 0 N–H and O–H groups in total. The fraction of sp³-hybridized carbons (Fsp3) is 0.250. The number of hydrogen-bond acceptors (Lipinski definition) is 4. The summed E-state index contributed by atoms with van der Waals surface area (Å²) in [4.78, 5) is 14.3. The molecule has 1 amide bonds. The second-order valence-electron chi connectivity index (χ2n) is 5.56. The van der Waals surface area contributed by atoms with Gasteiger partial charge in [-0.05, 0) is 36.8 Å². The van der Waals surface area contributed by atoms with Crippen molar-refractivity contribution in [2.24, 2.45) is 0 Å². The number of nitriles is 2. The highest BCUT2D eigenvalue weighted by Crippen LogP contribution is 2.18. The zero-order chi connectivity index (χ0) is 18.1. The van der Waals surface area contributed by atoms with Gasteiger partial charge in [0.1, 0.15) is 11.8 Å². The van der Waals surface area contributed by atoms with Crippen LogP contribution in [0.15, 0.2) is 48.5 Å². The Balaban J connectivity index is 2.10. The minimum absolute atomic E-state index is 0.00631. The molecule has 0 radical (unpaired) electrons. The molecule has 5 nitrogen and oxygen atoms in total. The second-order valence-corrected chi connectivity index (χ2v) is 5.56. The van der Waals surface area contributed by atoms with E-state index >= 15 is 0 Å². The van der Waals surface area contributed by atoms with E-state index in [1.54, 1.807) is 17.0 Å². The minimum Gasteiger partial charge on any atom is -0.479 e. The highest BCUT2D eigenvalue weighted by Gasteiger charge is 2.16. The maximum absolute atomic E-state index is 12.7. The molecule has 25 heavy (non-hydrogen) atoms. The van der Waals surface area contributed by atoms with Crippen LogP contribution in [-0.2, 0) is 11.2 Å². The number of aryl methyl sites for hydroxylation is 1. The van der Waals surface area contributed by atoms with E-state index in [4.69, 9.17) is 15.3 Å². The monoisotopic (exact) mass is 333 g/mol. The minimum atomic E-state index is -0.0650. The number of anilines is 1. The average Bonchev–Trinajstić information content (AvgIpc) is 2.63. The lowest BCUT2D eigenvalue weighted by Gasteiger charge is -2.22. The highest BCUT2D eigenvalue weighted by molar-refractivity contribution is 5.94. The van der Waals surface area contributed by atoms with Gasteiger partial charge in [-0.15, -0.1) is 0 Å². The Bertz CT molecular complexity index is 784. The molecule has 2 aromatic rings. The maximum atomic E-state index is 12.7. The zero-order valence-electron chi connectivity index (χ0n) is 14.1. The molecule has 0 aromatic heterocycles. The average molecular weight is 333 g/mol. The van der Waals surface area contributed by atoms with Crippen molar-refractivity contribution in [2.45, 2.75) is 19.8 Å². The Morgan fingerprint density at radius 3 is 2.32 bits per heavy atom. The van der Waals surface area contributed by atoms with Crippen LogP contribution in [0.4, 0.5) is 5.69 Å². The van der Waals surface area contributed by atoms with E-state index in [1.165, 1.54) is 0 Å². The van der Waals surface area contributed by atoms with Crippen molar-refractivity contribution in [1.29, 1.82) is 10.5 Å². The van der Waals surface area contributed by atoms with Gasteiger partial charge in [-0.2, -0.15) is 10.5 Å². The van der Waals surface area contributed by atoms with Crippen LogP contribution in [0.3, 0.4) is 0 Å². The molecule has 0 heterocycles. The second kappa shape index (κ2) is 9.10. The van der Waals surface area contributed by atoms with Crippen LogP contribution >= 0.6 is 0 Å². The fourth-order valence-corrected chi connectivity index (χ4v) is 2.37. The molecule has 0 aliphatic heterocycles. The number of rotatable bonds is 7. The van der Waals surface area contributed by atoms with Crippen molar-refractivity contribution in [1.82, 2.24) is 0 Å². The summed E-state index contributed by atoms with van der Waals surface area (Å²) in [5, 5.41) is 17.4. The van der Waals surface area contributed by atoms with Crippen molar-refractivity contribution in [3.05, 3.63) is 59.7 Å². The molecule has 2 aromatic carbocycles. The largest absolute Gasteiger partial charge is 0.479 e. The first-order chi connectivity index (χ1) is 12.1. The summed E-state index contributed by atoms with van der Waals surface area (Å²) in [5.41, 5.74) is 2.76. The third-order valence-corrected chi connectivity index (χ3v) is 3.68. The molecule has 0 bridgehead atoms. The van der Waals surface area contributed by atoms with Gasteiger partial charge >= 0.3 is 0 Å². The van der Waals surface area contributed by atoms with E-state index in [1.807, 2.05) is 49.4 Å². The Kier molecular flexibility index (Phi) is 6.56. The summed E-state index contributed by atoms with van der Waals surface area (Å²) in [6.07, 6.45) is 0.512. The molecule has 0 fully saturated rings. The molecule has 0 spiro atoms. The molecule has 0 aliphatic rings. The first kappa shape index (κ1) is 18.0. The third kappa shape index (κ3) is 5.37. The summed E-state index contributed by atoms with van der Waals surface area (Å²) >= 11 is 0. The van der Waals surface area contributed by atoms with E-state index in [9.17, 15) is 4.79 Å². The Morgan fingerprint density at radius 1 is 1.04 bits per heavy atom.